The SMILES string of the molecule is C1=CC2C(=Cc3c(-c4cccc5ccccc45)cccc3C2c2cccc3c2oc2ccccc23)C(c2cccc3ccccc23)=C1. The minimum Gasteiger partial charge on any atom is -0.456 e. The van der Waals surface area contributed by atoms with E-state index in [0.29, 0.717) is 0 Å². The molecule has 0 saturated carbocycles. The molecule has 220 valence electrons. The largest absolute Gasteiger partial charge is 0.456 e. The highest BCUT2D eigenvalue weighted by atomic mass is 16.3. The van der Waals surface area contributed by atoms with E-state index in [1.165, 1.54) is 71.5 Å². The zero-order valence-corrected chi connectivity index (χ0v) is 25.7. The van der Waals surface area contributed by atoms with Gasteiger partial charge in [-0.25, -0.2) is 0 Å². The Kier molecular flexibility index (Phi) is 5.77. The number of hydrogen-bond donors (Lipinski definition) is 0. The van der Waals surface area contributed by atoms with Crippen LogP contribution in [0.4, 0.5) is 0 Å². The Labute approximate surface area is 273 Å². The summed E-state index contributed by atoms with van der Waals surface area (Å²) in [5, 5.41) is 7.40. The van der Waals surface area contributed by atoms with Gasteiger partial charge in [0.2, 0.25) is 0 Å². The predicted molar refractivity (Wildman–Crippen MR) is 197 cm³/mol. The molecule has 0 amide bonds. The molecule has 0 aliphatic heterocycles. The van der Waals surface area contributed by atoms with Gasteiger partial charge in [-0.2, -0.15) is 0 Å². The molecule has 10 rings (SSSR count). The van der Waals surface area contributed by atoms with E-state index in [2.05, 4.69) is 170 Å². The third-order valence-corrected chi connectivity index (χ3v) is 10.3. The summed E-state index contributed by atoms with van der Waals surface area (Å²) >= 11 is 0. The van der Waals surface area contributed by atoms with Crippen LogP contribution in [0.15, 0.2) is 174 Å². The lowest BCUT2D eigenvalue weighted by molar-refractivity contribution is 0.623. The molecule has 1 nitrogen and oxygen atoms in total. The summed E-state index contributed by atoms with van der Waals surface area (Å²) in [6.45, 7) is 0. The molecular formula is C46H30O. The molecule has 2 unspecified atom stereocenters. The maximum absolute atomic E-state index is 6.72. The molecule has 7 aromatic carbocycles. The topological polar surface area (TPSA) is 13.1 Å². The van der Waals surface area contributed by atoms with Crippen LogP contribution >= 0.6 is 0 Å². The Balaban J connectivity index is 1.28. The predicted octanol–water partition coefficient (Wildman–Crippen LogP) is 12.4. The van der Waals surface area contributed by atoms with E-state index >= 15 is 0 Å². The lowest BCUT2D eigenvalue weighted by Crippen LogP contribution is -2.22. The van der Waals surface area contributed by atoms with Crippen LogP contribution in [0.1, 0.15) is 28.2 Å². The van der Waals surface area contributed by atoms with Crippen molar-refractivity contribution in [3.8, 4) is 11.1 Å². The summed E-state index contributed by atoms with van der Waals surface area (Å²) in [6.07, 6.45) is 9.47. The first-order chi connectivity index (χ1) is 23.3. The Morgan fingerprint density at radius 3 is 1.89 bits per heavy atom. The lowest BCUT2D eigenvalue weighted by Gasteiger charge is -2.37. The van der Waals surface area contributed by atoms with Gasteiger partial charge in [-0.3, -0.25) is 0 Å². The van der Waals surface area contributed by atoms with E-state index in [1.807, 2.05) is 0 Å². The lowest BCUT2D eigenvalue weighted by atomic mass is 9.66. The highest BCUT2D eigenvalue weighted by Gasteiger charge is 2.37. The first kappa shape index (κ1) is 26.3. The standard InChI is InChI=1S/C46H30O/c1-3-16-31-29(12-1)14-7-19-33(31)35-21-9-23-38-42(35)28-43-36(34-20-8-15-30-13-2-4-17-32(30)34)22-10-24-39(43)45(38)41-26-11-25-40-37-18-5-6-27-44(37)47-46(40)41/h1-28,38,45H. The molecular weight excluding hydrogens is 569 g/mol. The normalized spacial score (nSPS) is 17.1. The smallest absolute Gasteiger partial charge is 0.139 e. The minimum absolute atomic E-state index is 0.0686. The maximum Gasteiger partial charge on any atom is 0.139 e. The molecule has 0 saturated heterocycles. The molecule has 1 heteroatoms. The molecule has 0 fully saturated rings. The Morgan fingerprint density at radius 1 is 0.468 bits per heavy atom. The number of rotatable bonds is 3. The maximum atomic E-state index is 6.72. The van der Waals surface area contributed by atoms with Crippen molar-refractivity contribution in [1.82, 2.24) is 0 Å². The van der Waals surface area contributed by atoms with E-state index in [9.17, 15) is 0 Å². The van der Waals surface area contributed by atoms with Gasteiger partial charge in [-0.05, 0) is 72.7 Å². The minimum atomic E-state index is 0.0686. The Hall–Kier alpha value is -5.92. The van der Waals surface area contributed by atoms with Crippen LogP contribution in [-0.2, 0) is 0 Å². The summed E-state index contributed by atoms with van der Waals surface area (Å²) in [5.74, 6) is 0.210. The van der Waals surface area contributed by atoms with Crippen molar-refractivity contribution >= 4 is 55.1 Å². The fraction of sp³-hybridized carbons (Fsp3) is 0.0435. The van der Waals surface area contributed by atoms with E-state index < -0.39 is 0 Å². The fourth-order valence-electron chi connectivity index (χ4n) is 8.26. The van der Waals surface area contributed by atoms with Crippen molar-refractivity contribution in [2.24, 2.45) is 5.92 Å². The zero-order valence-electron chi connectivity index (χ0n) is 25.7. The molecule has 2 aliphatic rings. The van der Waals surface area contributed by atoms with Gasteiger partial charge in [0.25, 0.3) is 0 Å². The van der Waals surface area contributed by atoms with Crippen molar-refractivity contribution in [3.63, 3.8) is 0 Å². The summed E-state index contributed by atoms with van der Waals surface area (Å²) in [5.41, 5.74) is 12.2. The van der Waals surface area contributed by atoms with Crippen LogP contribution in [-0.4, -0.2) is 0 Å². The molecule has 1 aromatic heterocycles. The molecule has 0 bridgehead atoms. The second-order valence-corrected chi connectivity index (χ2v) is 12.8. The van der Waals surface area contributed by atoms with Gasteiger partial charge in [0.1, 0.15) is 11.2 Å². The highest BCUT2D eigenvalue weighted by molar-refractivity contribution is 6.07. The van der Waals surface area contributed by atoms with Gasteiger partial charge in [0.05, 0.1) is 0 Å². The second kappa shape index (κ2) is 10.3. The van der Waals surface area contributed by atoms with Crippen LogP contribution in [0.3, 0.4) is 0 Å². The molecule has 2 aliphatic carbocycles. The number of hydrogen-bond acceptors (Lipinski definition) is 1. The Bertz CT molecular complexity index is 2630. The zero-order chi connectivity index (χ0) is 30.9. The number of benzene rings is 7. The molecule has 0 N–H and O–H groups in total. The summed E-state index contributed by atoms with van der Waals surface area (Å²) in [7, 11) is 0. The number of fused-ring (bicyclic) bond motifs is 7. The van der Waals surface area contributed by atoms with Crippen LogP contribution in [0.2, 0.25) is 0 Å². The van der Waals surface area contributed by atoms with Gasteiger partial charge in [-0.1, -0.05) is 158 Å². The molecule has 0 radical (unpaired) electrons. The first-order valence-corrected chi connectivity index (χ1v) is 16.4. The van der Waals surface area contributed by atoms with Crippen LogP contribution in [0.25, 0.3) is 66.3 Å². The monoisotopic (exact) mass is 598 g/mol. The first-order valence-electron chi connectivity index (χ1n) is 16.4. The van der Waals surface area contributed by atoms with Crippen LogP contribution in [0.5, 0.6) is 0 Å². The van der Waals surface area contributed by atoms with E-state index in [4.69, 9.17) is 4.42 Å². The molecule has 1 heterocycles. The van der Waals surface area contributed by atoms with Gasteiger partial charge in [-0.15, -0.1) is 0 Å². The highest BCUT2D eigenvalue weighted by Crippen LogP contribution is 2.53. The third kappa shape index (κ3) is 3.96. The van der Waals surface area contributed by atoms with Crippen molar-refractivity contribution in [2.75, 3.05) is 0 Å². The molecule has 47 heavy (non-hydrogen) atoms. The van der Waals surface area contributed by atoms with Crippen LogP contribution < -0.4 is 0 Å². The van der Waals surface area contributed by atoms with E-state index in [0.717, 1.165) is 16.6 Å². The second-order valence-electron chi connectivity index (χ2n) is 12.8. The molecule has 8 aromatic rings. The van der Waals surface area contributed by atoms with Crippen molar-refractivity contribution < 1.29 is 4.42 Å². The number of para-hydroxylation sites is 2. The average Bonchev–Trinajstić information content (AvgIpc) is 3.52. The van der Waals surface area contributed by atoms with Crippen molar-refractivity contribution in [1.29, 1.82) is 0 Å². The fourth-order valence-corrected chi connectivity index (χ4v) is 8.26. The van der Waals surface area contributed by atoms with E-state index in [-0.39, 0.29) is 11.8 Å². The quantitative estimate of drug-likeness (QED) is 0.197. The van der Waals surface area contributed by atoms with Gasteiger partial charge >= 0.3 is 0 Å². The van der Waals surface area contributed by atoms with Crippen molar-refractivity contribution in [3.05, 3.63) is 192 Å². The van der Waals surface area contributed by atoms with Crippen LogP contribution in [0, 0.1) is 5.92 Å². The summed E-state index contributed by atoms with van der Waals surface area (Å²) < 4.78 is 6.72. The number of allylic oxidation sites excluding steroid dienone is 5. The third-order valence-electron chi connectivity index (χ3n) is 10.3. The van der Waals surface area contributed by atoms with Gasteiger partial charge < -0.3 is 4.42 Å². The summed E-state index contributed by atoms with van der Waals surface area (Å²) in [6, 6.07) is 52.8. The molecule has 2 atom stereocenters. The Morgan fingerprint density at radius 2 is 1.06 bits per heavy atom. The van der Waals surface area contributed by atoms with Gasteiger partial charge in [0, 0.05) is 28.2 Å². The summed E-state index contributed by atoms with van der Waals surface area (Å²) in [4.78, 5) is 0. The van der Waals surface area contributed by atoms with Crippen molar-refractivity contribution in [2.45, 2.75) is 5.92 Å². The van der Waals surface area contributed by atoms with E-state index in [1.54, 1.807) is 0 Å². The average molecular weight is 599 g/mol. The van der Waals surface area contributed by atoms with Gasteiger partial charge in [0.15, 0.2) is 0 Å². The number of furan rings is 1. The molecule has 0 spiro atoms.